The van der Waals surface area contributed by atoms with Gasteiger partial charge < -0.3 is 30.0 Å². The van der Waals surface area contributed by atoms with Gasteiger partial charge in [0.2, 0.25) is 5.78 Å². The Morgan fingerprint density at radius 3 is 2.78 bits per heavy atom. The zero-order chi connectivity index (χ0) is 22.8. The van der Waals surface area contributed by atoms with Crippen molar-refractivity contribution in [3.05, 3.63) is 59.5 Å². The minimum Gasteiger partial charge on any atom is -0.497 e. The third-order valence-electron chi connectivity index (χ3n) is 5.35. The number of carbonyl (C=O) groups is 2. The first-order valence-electron chi connectivity index (χ1n) is 10.3. The predicted octanol–water partition coefficient (Wildman–Crippen LogP) is 3.71. The number of ether oxygens (including phenoxy) is 2. The molecule has 0 unspecified atom stereocenters. The van der Waals surface area contributed by atoms with Gasteiger partial charge in [0, 0.05) is 34.9 Å². The monoisotopic (exact) mass is 434 g/mol. The van der Waals surface area contributed by atoms with Crippen molar-refractivity contribution in [3.8, 4) is 11.5 Å². The number of amides is 2. The molecule has 1 aliphatic rings. The van der Waals surface area contributed by atoms with Crippen LogP contribution in [0, 0.1) is 0 Å². The van der Waals surface area contributed by atoms with Crippen molar-refractivity contribution in [2.24, 2.45) is 5.73 Å². The Bertz CT molecular complexity index is 1230. The van der Waals surface area contributed by atoms with Crippen LogP contribution >= 0.6 is 0 Å². The number of nitrogens with two attached hydrogens (primary N) is 1. The molecule has 0 saturated carbocycles. The second-order valence-corrected chi connectivity index (χ2v) is 7.96. The molecule has 166 valence electrons. The molecule has 8 nitrogen and oxygen atoms in total. The highest BCUT2D eigenvalue weighted by atomic mass is 16.5. The third kappa shape index (κ3) is 4.31. The Kier molecular flexibility index (Phi) is 5.87. The number of anilines is 1. The lowest BCUT2D eigenvalue weighted by Gasteiger charge is -2.10. The Morgan fingerprint density at radius 1 is 1.25 bits per heavy atom. The summed E-state index contributed by atoms with van der Waals surface area (Å²) < 4.78 is 13.4. The van der Waals surface area contributed by atoms with Crippen molar-refractivity contribution in [2.75, 3.05) is 33.1 Å². The number of nitrogens with one attached hydrogen (secondary N) is 1. The van der Waals surface area contributed by atoms with Gasteiger partial charge in [0.15, 0.2) is 5.76 Å². The minimum absolute atomic E-state index is 0.228. The number of carbonyl (C=O) groups excluding carboxylic acids is 2. The molecule has 0 aliphatic carbocycles. The van der Waals surface area contributed by atoms with Crippen LogP contribution in [0.2, 0.25) is 0 Å². The maximum absolute atomic E-state index is 13.0. The topological polar surface area (TPSA) is 98.8 Å². The van der Waals surface area contributed by atoms with Crippen molar-refractivity contribution >= 4 is 34.5 Å². The van der Waals surface area contributed by atoms with Crippen LogP contribution in [-0.2, 0) is 6.54 Å². The average molecular weight is 434 g/mol. The quantitative estimate of drug-likeness (QED) is 0.553. The Labute approximate surface area is 186 Å². The van der Waals surface area contributed by atoms with E-state index in [-0.39, 0.29) is 11.5 Å². The molecule has 8 heteroatoms. The largest absolute Gasteiger partial charge is 0.497 e. The number of benzene rings is 2. The molecule has 2 heterocycles. The van der Waals surface area contributed by atoms with Gasteiger partial charge in [-0.05, 0) is 69.5 Å². The van der Waals surface area contributed by atoms with E-state index in [0.29, 0.717) is 17.0 Å². The van der Waals surface area contributed by atoms with Gasteiger partial charge in [0.25, 0.3) is 0 Å². The first-order chi connectivity index (χ1) is 15.4. The molecule has 0 fully saturated rings. The fourth-order valence-corrected chi connectivity index (χ4v) is 3.84. The van der Waals surface area contributed by atoms with Gasteiger partial charge in [0.05, 0.1) is 12.7 Å². The number of rotatable bonds is 7. The van der Waals surface area contributed by atoms with E-state index in [9.17, 15) is 9.59 Å². The van der Waals surface area contributed by atoms with Gasteiger partial charge in [-0.2, -0.15) is 0 Å². The maximum Gasteiger partial charge on any atom is 0.316 e. The zero-order valence-electron chi connectivity index (χ0n) is 18.3. The molecule has 1 aliphatic heterocycles. The van der Waals surface area contributed by atoms with Gasteiger partial charge in [-0.1, -0.05) is 0 Å². The van der Waals surface area contributed by atoms with Crippen LogP contribution in [0.4, 0.5) is 10.5 Å². The highest BCUT2D eigenvalue weighted by Crippen LogP contribution is 2.35. The van der Waals surface area contributed by atoms with Crippen LogP contribution in [0.5, 0.6) is 11.5 Å². The molecule has 0 radical (unpaired) electrons. The molecule has 0 atom stereocenters. The molecule has 0 saturated heterocycles. The van der Waals surface area contributed by atoms with E-state index in [1.54, 1.807) is 31.4 Å². The minimum atomic E-state index is -0.692. The SMILES string of the molecule is COc1ccc2c(c1)c(C=C1Oc3ccc(NC(N)=O)cc3C1=O)cn2CCCN(C)C. The van der Waals surface area contributed by atoms with Crippen LogP contribution in [0.25, 0.3) is 17.0 Å². The predicted molar refractivity (Wildman–Crippen MR) is 124 cm³/mol. The number of nitrogens with zero attached hydrogens (tertiary/aromatic N) is 2. The molecule has 1 aromatic heterocycles. The first kappa shape index (κ1) is 21.5. The number of urea groups is 1. The van der Waals surface area contributed by atoms with Crippen LogP contribution < -0.4 is 20.5 Å². The number of aromatic nitrogens is 1. The smallest absolute Gasteiger partial charge is 0.316 e. The number of hydrogen-bond acceptors (Lipinski definition) is 5. The Balaban J connectivity index is 1.69. The van der Waals surface area contributed by atoms with Crippen molar-refractivity contribution in [2.45, 2.75) is 13.0 Å². The van der Waals surface area contributed by atoms with E-state index in [1.165, 1.54) is 0 Å². The van der Waals surface area contributed by atoms with Crippen molar-refractivity contribution in [1.29, 1.82) is 0 Å². The zero-order valence-corrected chi connectivity index (χ0v) is 18.3. The fraction of sp³-hybridized carbons (Fsp3) is 0.250. The lowest BCUT2D eigenvalue weighted by Crippen LogP contribution is -2.19. The standard InChI is InChI=1S/C24H26N4O4/c1-27(2)9-4-10-28-14-15(18-13-17(31-3)6-7-20(18)28)11-22-23(29)19-12-16(26-24(25)30)5-8-21(19)32-22/h5-8,11-14H,4,9-10H2,1-3H3,(H3,25,26,30). The summed E-state index contributed by atoms with van der Waals surface area (Å²) >= 11 is 0. The molecule has 4 rings (SSSR count). The number of methoxy groups -OCH3 is 1. The number of aryl methyl sites for hydroxylation is 1. The van der Waals surface area contributed by atoms with E-state index in [1.807, 2.05) is 24.4 Å². The number of primary amides is 1. The summed E-state index contributed by atoms with van der Waals surface area (Å²) in [6, 6.07) is 10.1. The summed E-state index contributed by atoms with van der Waals surface area (Å²) in [4.78, 5) is 26.2. The molecule has 3 N–H and O–H groups in total. The highest BCUT2D eigenvalue weighted by molar-refractivity contribution is 6.15. The molecular formula is C24H26N4O4. The lowest BCUT2D eigenvalue weighted by molar-refractivity contribution is 0.101. The number of ketones is 1. The highest BCUT2D eigenvalue weighted by Gasteiger charge is 2.28. The van der Waals surface area contributed by atoms with E-state index < -0.39 is 6.03 Å². The van der Waals surface area contributed by atoms with Gasteiger partial charge in [-0.15, -0.1) is 0 Å². The summed E-state index contributed by atoms with van der Waals surface area (Å²) in [7, 11) is 5.74. The van der Waals surface area contributed by atoms with Crippen LogP contribution in [0.1, 0.15) is 22.3 Å². The lowest BCUT2D eigenvalue weighted by atomic mass is 10.1. The van der Waals surface area contributed by atoms with Crippen molar-refractivity contribution in [1.82, 2.24) is 9.47 Å². The average Bonchev–Trinajstić information content (AvgIpc) is 3.25. The van der Waals surface area contributed by atoms with E-state index in [0.717, 1.165) is 41.7 Å². The molecule has 2 aromatic carbocycles. The third-order valence-corrected chi connectivity index (χ3v) is 5.35. The second kappa shape index (κ2) is 8.76. The second-order valence-electron chi connectivity index (χ2n) is 7.96. The van der Waals surface area contributed by atoms with Crippen LogP contribution in [0.3, 0.4) is 0 Å². The van der Waals surface area contributed by atoms with E-state index >= 15 is 0 Å². The first-order valence-corrected chi connectivity index (χ1v) is 10.3. The Hall–Kier alpha value is -3.78. The van der Waals surface area contributed by atoms with Crippen LogP contribution in [-0.4, -0.2) is 49.0 Å². The number of allylic oxidation sites excluding steroid dienone is 1. The van der Waals surface area contributed by atoms with Gasteiger partial charge in [-0.25, -0.2) is 4.79 Å². The number of hydrogen-bond donors (Lipinski definition) is 2. The summed E-state index contributed by atoms with van der Waals surface area (Å²) in [5.74, 6) is 1.17. The normalized spacial score (nSPS) is 14.1. The van der Waals surface area contributed by atoms with Crippen molar-refractivity contribution in [3.63, 3.8) is 0 Å². The molecule has 3 aromatic rings. The number of Topliss-reactive ketones (excluding diaryl/α,β-unsaturated/α-hetero) is 1. The summed E-state index contributed by atoms with van der Waals surface area (Å²) in [5.41, 5.74) is 7.93. The molecule has 32 heavy (non-hydrogen) atoms. The summed E-state index contributed by atoms with van der Waals surface area (Å²) in [5, 5.41) is 3.46. The van der Waals surface area contributed by atoms with Gasteiger partial charge in [0.1, 0.15) is 11.5 Å². The Morgan fingerprint density at radius 2 is 2.06 bits per heavy atom. The fourth-order valence-electron chi connectivity index (χ4n) is 3.84. The van der Waals surface area contributed by atoms with Crippen LogP contribution in [0.15, 0.2) is 48.4 Å². The number of fused-ring (bicyclic) bond motifs is 2. The molecule has 0 bridgehead atoms. The molecular weight excluding hydrogens is 408 g/mol. The van der Waals surface area contributed by atoms with Crippen molar-refractivity contribution < 1.29 is 19.1 Å². The molecule has 2 amide bonds. The van der Waals surface area contributed by atoms with E-state index in [2.05, 4.69) is 28.9 Å². The summed E-state index contributed by atoms with van der Waals surface area (Å²) in [6.07, 6.45) is 4.79. The maximum atomic E-state index is 13.0. The van der Waals surface area contributed by atoms with Gasteiger partial charge in [-0.3, -0.25) is 4.79 Å². The molecule has 0 spiro atoms. The summed E-state index contributed by atoms with van der Waals surface area (Å²) in [6.45, 7) is 1.83. The van der Waals surface area contributed by atoms with E-state index in [4.69, 9.17) is 15.2 Å². The van der Waals surface area contributed by atoms with Gasteiger partial charge >= 0.3 is 6.03 Å².